The number of hydrogen-bond donors (Lipinski definition) is 1. The number of esters is 1. The Kier molecular flexibility index (Phi) is 5.78. The molecule has 2 aromatic heterocycles. The highest BCUT2D eigenvalue weighted by Crippen LogP contribution is 2.43. The molecule has 0 aromatic carbocycles. The SMILES string of the molecule is CCn1ncc2c(NC3CCCCC3)c(C3=NOC4(CCC(C(=O)OC)CC4)C3)cnc21. The van der Waals surface area contributed by atoms with E-state index in [0.29, 0.717) is 6.04 Å². The van der Waals surface area contributed by atoms with Crippen molar-refractivity contribution in [2.75, 3.05) is 12.4 Å². The summed E-state index contributed by atoms with van der Waals surface area (Å²) in [6.07, 6.45) is 14.0. The number of oxime groups is 1. The van der Waals surface area contributed by atoms with Crippen molar-refractivity contribution in [2.45, 2.75) is 89.3 Å². The van der Waals surface area contributed by atoms with E-state index in [0.717, 1.165) is 66.6 Å². The van der Waals surface area contributed by atoms with Gasteiger partial charge >= 0.3 is 5.97 Å². The van der Waals surface area contributed by atoms with Crippen LogP contribution in [0, 0.1) is 5.92 Å². The first-order valence-electron chi connectivity index (χ1n) is 12.1. The van der Waals surface area contributed by atoms with Crippen molar-refractivity contribution in [1.82, 2.24) is 14.8 Å². The number of rotatable bonds is 5. The second kappa shape index (κ2) is 8.71. The molecule has 0 amide bonds. The van der Waals surface area contributed by atoms with Crippen LogP contribution >= 0.6 is 0 Å². The van der Waals surface area contributed by atoms with Crippen molar-refractivity contribution in [3.63, 3.8) is 0 Å². The number of carbonyl (C=O) groups is 1. The van der Waals surface area contributed by atoms with Gasteiger partial charge in [-0.2, -0.15) is 5.10 Å². The Morgan fingerprint density at radius 3 is 2.72 bits per heavy atom. The van der Waals surface area contributed by atoms with E-state index >= 15 is 0 Å². The summed E-state index contributed by atoms with van der Waals surface area (Å²) in [6, 6.07) is 0.463. The molecule has 3 heterocycles. The smallest absolute Gasteiger partial charge is 0.308 e. The van der Waals surface area contributed by atoms with Crippen LogP contribution in [0.5, 0.6) is 0 Å². The van der Waals surface area contributed by atoms with Gasteiger partial charge in [0.15, 0.2) is 5.65 Å². The van der Waals surface area contributed by atoms with E-state index in [-0.39, 0.29) is 17.5 Å². The summed E-state index contributed by atoms with van der Waals surface area (Å²) in [6.45, 7) is 2.87. The third kappa shape index (κ3) is 3.84. The zero-order valence-electron chi connectivity index (χ0n) is 19.1. The molecule has 0 saturated heterocycles. The lowest BCUT2D eigenvalue weighted by Crippen LogP contribution is -2.36. The standard InChI is InChI=1S/C24H33N5O3/c1-3-29-22-19(15-26-29)21(27-17-7-5-4-6-8-17)18(14-25-22)20-13-24(32-28-20)11-9-16(10-12-24)23(30)31-2/h14-17H,3-13H2,1-2H3,(H,25,27). The molecular formula is C24H33N5O3. The van der Waals surface area contributed by atoms with Gasteiger partial charge in [-0.15, -0.1) is 0 Å². The van der Waals surface area contributed by atoms with Crippen LogP contribution < -0.4 is 5.32 Å². The van der Waals surface area contributed by atoms with Gasteiger partial charge in [-0.25, -0.2) is 9.67 Å². The third-order valence-corrected chi connectivity index (χ3v) is 7.50. The Bertz CT molecular complexity index is 1020. The van der Waals surface area contributed by atoms with Crippen LogP contribution in [-0.4, -0.2) is 45.2 Å². The zero-order valence-corrected chi connectivity index (χ0v) is 19.1. The third-order valence-electron chi connectivity index (χ3n) is 7.50. The fourth-order valence-electron chi connectivity index (χ4n) is 5.56. The largest absolute Gasteiger partial charge is 0.469 e. The lowest BCUT2D eigenvalue weighted by molar-refractivity contribution is -0.149. The number of nitrogens with zero attached hydrogens (tertiary/aromatic N) is 4. The summed E-state index contributed by atoms with van der Waals surface area (Å²) in [5, 5.41) is 14.0. The number of aromatic nitrogens is 3. The van der Waals surface area contributed by atoms with Gasteiger partial charge in [-0.05, 0) is 45.4 Å². The number of methoxy groups -OCH3 is 1. The number of hydrogen-bond acceptors (Lipinski definition) is 7. The number of anilines is 1. The van der Waals surface area contributed by atoms with Crippen LogP contribution in [0.3, 0.4) is 0 Å². The molecule has 5 rings (SSSR count). The molecule has 0 bridgehead atoms. The normalized spacial score (nSPS) is 26.2. The van der Waals surface area contributed by atoms with E-state index in [4.69, 9.17) is 14.6 Å². The molecular weight excluding hydrogens is 406 g/mol. The van der Waals surface area contributed by atoms with Crippen LogP contribution in [-0.2, 0) is 20.9 Å². The van der Waals surface area contributed by atoms with Gasteiger partial charge in [-0.3, -0.25) is 4.79 Å². The molecule has 3 aliphatic rings. The van der Waals surface area contributed by atoms with Crippen molar-refractivity contribution in [3.8, 4) is 0 Å². The lowest BCUT2D eigenvalue weighted by atomic mass is 9.76. The summed E-state index contributed by atoms with van der Waals surface area (Å²) in [5.41, 5.74) is 3.64. The second-order valence-electron chi connectivity index (χ2n) is 9.51. The molecule has 1 aliphatic heterocycles. The Labute approximate surface area is 188 Å². The molecule has 32 heavy (non-hydrogen) atoms. The van der Waals surface area contributed by atoms with E-state index in [1.807, 2.05) is 17.1 Å². The Morgan fingerprint density at radius 1 is 1.22 bits per heavy atom. The molecule has 2 aliphatic carbocycles. The number of ether oxygens (including phenoxy) is 1. The minimum atomic E-state index is -0.315. The maximum atomic E-state index is 11.9. The molecule has 1 spiro atoms. The summed E-state index contributed by atoms with van der Waals surface area (Å²) < 4.78 is 6.88. The molecule has 2 fully saturated rings. The first-order chi connectivity index (χ1) is 15.6. The molecule has 2 aromatic rings. The van der Waals surface area contributed by atoms with Gasteiger partial charge in [-0.1, -0.05) is 24.4 Å². The monoisotopic (exact) mass is 439 g/mol. The van der Waals surface area contributed by atoms with Crippen LogP contribution in [0.4, 0.5) is 5.69 Å². The van der Waals surface area contributed by atoms with Crippen molar-refractivity contribution < 1.29 is 14.4 Å². The van der Waals surface area contributed by atoms with E-state index in [1.54, 1.807) is 0 Å². The fraction of sp³-hybridized carbons (Fsp3) is 0.667. The zero-order chi connectivity index (χ0) is 22.1. The highest BCUT2D eigenvalue weighted by atomic mass is 16.7. The second-order valence-corrected chi connectivity index (χ2v) is 9.51. The van der Waals surface area contributed by atoms with Crippen molar-refractivity contribution in [3.05, 3.63) is 18.0 Å². The number of carbonyl (C=O) groups excluding carboxylic acids is 1. The Hall–Kier alpha value is -2.64. The molecule has 8 nitrogen and oxygen atoms in total. The van der Waals surface area contributed by atoms with Gasteiger partial charge in [0, 0.05) is 30.8 Å². The minimum absolute atomic E-state index is 0.0281. The van der Waals surface area contributed by atoms with Crippen LogP contribution in [0.15, 0.2) is 17.5 Å². The number of fused-ring (bicyclic) bond motifs is 1. The molecule has 1 N–H and O–H groups in total. The van der Waals surface area contributed by atoms with E-state index in [9.17, 15) is 4.79 Å². The van der Waals surface area contributed by atoms with Crippen LogP contribution in [0.2, 0.25) is 0 Å². The minimum Gasteiger partial charge on any atom is -0.469 e. The maximum Gasteiger partial charge on any atom is 0.308 e. The van der Waals surface area contributed by atoms with Gasteiger partial charge in [0.2, 0.25) is 0 Å². The summed E-state index contributed by atoms with van der Waals surface area (Å²) in [5.74, 6) is -0.139. The number of pyridine rings is 1. The van der Waals surface area contributed by atoms with Crippen LogP contribution in [0.25, 0.3) is 11.0 Å². The highest BCUT2D eigenvalue weighted by molar-refractivity contribution is 6.10. The predicted octanol–water partition coefficient (Wildman–Crippen LogP) is 4.42. The van der Waals surface area contributed by atoms with Gasteiger partial charge in [0.25, 0.3) is 0 Å². The highest BCUT2D eigenvalue weighted by Gasteiger charge is 2.44. The van der Waals surface area contributed by atoms with E-state index < -0.39 is 0 Å². The topological polar surface area (TPSA) is 90.6 Å². The molecule has 8 heteroatoms. The predicted molar refractivity (Wildman–Crippen MR) is 123 cm³/mol. The van der Waals surface area contributed by atoms with Crippen molar-refractivity contribution in [2.24, 2.45) is 11.1 Å². The van der Waals surface area contributed by atoms with Gasteiger partial charge in [0.05, 0.1) is 36.0 Å². The maximum absolute atomic E-state index is 11.9. The van der Waals surface area contributed by atoms with Crippen molar-refractivity contribution in [1.29, 1.82) is 0 Å². The van der Waals surface area contributed by atoms with Crippen LogP contribution in [0.1, 0.15) is 76.7 Å². The molecule has 0 radical (unpaired) electrons. The summed E-state index contributed by atoms with van der Waals surface area (Å²) in [4.78, 5) is 22.7. The quantitative estimate of drug-likeness (QED) is 0.694. The lowest BCUT2D eigenvalue weighted by Gasteiger charge is -2.33. The number of nitrogens with one attached hydrogen (secondary N) is 1. The molecule has 2 saturated carbocycles. The van der Waals surface area contributed by atoms with E-state index in [1.165, 1.54) is 39.2 Å². The first kappa shape index (κ1) is 21.2. The fourth-order valence-corrected chi connectivity index (χ4v) is 5.56. The molecule has 0 atom stereocenters. The summed E-state index contributed by atoms with van der Waals surface area (Å²) >= 11 is 0. The van der Waals surface area contributed by atoms with Gasteiger partial charge < -0.3 is 14.9 Å². The average Bonchev–Trinajstić information content (AvgIpc) is 3.44. The average molecular weight is 440 g/mol. The summed E-state index contributed by atoms with van der Waals surface area (Å²) in [7, 11) is 1.46. The van der Waals surface area contributed by atoms with E-state index in [2.05, 4.69) is 22.5 Å². The van der Waals surface area contributed by atoms with Crippen molar-refractivity contribution >= 4 is 28.4 Å². The number of aryl methyl sites for hydroxylation is 1. The Morgan fingerprint density at radius 2 is 2.00 bits per heavy atom. The molecule has 172 valence electrons. The molecule has 0 unspecified atom stereocenters. The Balaban J connectivity index is 1.41. The van der Waals surface area contributed by atoms with Gasteiger partial charge in [0.1, 0.15) is 5.60 Å². The first-order valence-corrected chi connectivity index (χ1v) is 12.1.